The first-order valence-corrected chi connectivity index (χ1v) is 8.63. The molecular weight excluding hydrogens is 356 g/mol. The third-order valence-electron chi connectivity index (χ3n) is 3.01. The SMILES string of the molecule is Cc1cc(Br)cc(C)c1NS(=O)(=O)c1cnn(CCN)c1. The van der Waals surface area contributed by atoms with E-state index in [0.717, 1.165) is 15.6 Å². The molecule has 0 radical (unpaired) electrons. The second-order valence-corrected chi connectivity index (χ2v) is 7.35. The number of nitrogens with zero attached hydrogens (tertiary/aromatic N) is 2. The van der Waals surface area contributed by atoms with Gasteiger partial charge in [0.1, 0.15) is 4.90 Å². The first kappa shape index (κ1) is 16.0. The number of aromatic nitrogens is 2. The van der Waals surface area contributed by atoms with Crippen LogP contribution in [-0.2, 0) is 16.6 Å². The lowest BCUT2D eigenvalue weighted by molar-refractivity contribution is 0.599. The minimum Gasteiger partial charge on any atom is -0.329 e. The number of sulfonamides is 1. The summed E-state index contributed by atoms with van der Waals surface area (Å²) in [5, 5.41) is 3.98. The lowest BCUT2D eigenvalue weighted by Gasteiger charge is -2.13. The highest BCUT2D eigenvalue weighted by atomic mass is 79.9. The zero-order valence-electron chi connectivity index (χ0n) is 11.8. The van der Waals surface area contributed by atoms with Crippen molar-refractivity contribution in [2.24, 2.45) is 5.73 Å². The highest BCUT2D eigenvalue weighted by molar-refractivity contribution is 9.10. The van der Waals surface area contributed by atoms with Gasteiger partial charge >= 0.3 is 0 Å². The van der Waals surface area contributed by atoms with Crippen molar-refractivity contribution in [2.45, 2.75) is 25.3 Å². The van der Waals surface area contributed by atoms with E-state index in [9.17, 15) is 8.42 Å². The van der Waals surface area contributed by atoms with E-state index in [4.69, 9.17) is 5.73 Å². The Balaban J connectivity index is 2.33. The number of nitrogens with one attached hydrogen (secondary N) is 1. The molecule has 0 bridgehead atoms. The Hall–Kier alpha value is -1.38. The molecule has 0 aliphatic rings. The van der Waals surface area contributed by atoms with E-state index in [1.54, 1.807) is 0 Å². The highest BCUT2D eigenvalue weighted by Crippen LogP contribution is 2.27. The summed E-state index contributed by atoms with van der Waals surface area (Å²) in [6, 6.07) is 3.73. The van der Waals surface area contributed by atoms with Crippen molar-refractivity contribution in [3.63, 3.8) is 0 Å². The fraction of sp³-hybridized carbons (Fsp3) is 0.308. The minimum absolute atomic E-state index is 0.123. The zero-order chi connectivity index (χ0) is 15.6. The number of aryl methyl sites for hydroxylation is 2. The standard InChI is InChI=1S/C13H17BrN4O2S/c1-9-5-11(14)6-10(2)13(9)17-21(19,20)12-7-16-18(8-12)4-3-15/h5-8,17H,3-4,15H2,1-2H3. The molecule has 0 saturated heterocycles. The van der Waals surface area contributed by atoms with Crippen LogP contribution >= 0.6 is 15.9 Å². The molecule has 0 unspecified atom stereocenters. The lowest BCUT2D eigenvalue weighted by Crippen LogP contribution is -2.14. The molecule has 0 aliphatic carbocycles. The molecule has 1 aromatic carbocycles. The van der Waals surface area contributed by atoms with E-state index in [2.05, 4.69) is 25.8 Å². The van der Waals surface area contributed by atoms with Crippen LogP contribution < -0.4 is 10.5 Å². The Kier molecular flexibility index (Phi) is 4.70. The van der Waals surface area contributed by atoms with Gasteiger partial charge in [-0.2, -0.15) is 5.10 Å². The van der Waals surface area contributed by atoms with Crippen molar-refractivity contribution >= 4 is 31.6 Å². The fourth-order valence-corrected chi connectivity index (χ4v) is 3.84. The molecule has 21 heavy (non-hydrogen) atoms. The van der Waals surface area contributed by atoms with E-state index >= 15 is 0 Å². The van der Waals surface area contributed by atoms with Crippen LogP contribution in [0.25, 0.3) is 0 Å². The first-order valence-electron chi connectivity index (χ1n) is 6.35. The second-order valence-electron chi connectivity index (χ2n) is 4.75. The van der Waals surface area contributed by atoms with Crippen LogP contribution in [0.15, 0.2) is 33.9 Å². The van der Waals surface area contributed by atoms with Crippen molar-refractivity contribution in [1.29, 1.82) is 0 Å². The third kappa shape index (κ3) is 3.63. The number of nitrogens with two attached hydrogens (primary N) is 1. The van der Waals surface area contributed by atoms with Gasteiger partial charge in [-0.1, -0.05) is 15.9 Å². The van der Waals surface area contributed by atoms with E-state index < -0.39 is 10.0 Å². The van der Waals surface area contributed by atoms with Crippen LogP contribution in [0, 0.1) is 13.8 Å². The largest absolute Gasteiger partial charge is 0.329 e. The van der Waals surface area contributed by atoms with E-state index in [1.165, 1.54) is 17.1 Å². The lowest BCUT2D eigenvalue weighted by atomic mass is 10.1. The average Bonchev–Trinajstić information content (AvgIpc) is 2.84. The smallest absolute Gasteiger partial charge is 0.265 e. The predicted octanol–water partition coefficient (Wildman–Crippen LogP) is 2.02. The van der Waals surface area contributed by atoms with Gasteiger partial charge in [-0.3, -0.25) is 9.40 Å². The number of rotatable bonds is 5. The monoisotopic (exact) mass is 372 g/mol. The average molecular weight is 373 g/mol. The third-order valence-corrected chi connectivity index (χ3v) is 4.77. The number of hydrogen-bond donors (Lipinski definition) is 2. The van der Waals surface area contributed by atoms with Gasteiger partial charge < -0.3 is 5.73 Å². The van der Waals surface area contributed by atoms with Gasteiger partial charge in [0, 0.05) is 17.2 Å². The van der Waals surface area contributed by atoms with Crippen LogP contribution in [0.4, 0.5) is 5.69 Å². The highest BCUT2D eigenvalue weighted by Gasteiger charge is 2.18. The van der Waals surface area contributed by atoms with Crippen molar-refractivity contribution in [3.8, 4) is 0 Å². The molecule has 1 heterocycles. The molecule has 6 nitrogen and oxygen atoms in total. The van der Waals surface area contributed by atoms with Crippen molar-refractivity contribution in [3.05, 3.63) is 40.1 Å². The summed E-state index contributed by atoms with van der Waals surface area (Å²) in [5.74, 6) is 0. The molecule has 0 fully saturated rings. The number of benzene rings is 1. The number of anilines is 1. The topological polar surface area (TPSA) is 90.0 Å². The Morgan fingerprint density at radius 3 is 2.52 bits per heavy atom. The van der Waals surface area contributed by atoms with Crippen molar-refractivity contribution in [2.75, 3.05) is 11.3 Å². The second kappa shape index (κ2) is 6.17. The van der Waals surface area contributed by atoms with Gasteiger partial charge in [0.05, 0.1) is 18.4 Å². The summed E-state index contributed by atoms with van der Waals surface area (Å²) in [5.41, 5.74) is 7.71. The molecule has 0 saturated carbocycles. The molecule has 2 rings (SSSR count). The molecule has 8 heteroatoms. The van der Waals surface area contributed by atoms with Crippen LogP contribution in [-0.4, -0.2) is 24.7 Å². The molecule has 1 aromatic heterocycles. The van der Waals surface area contributed by atoms with Crippen LogP contribution in [0.1, 0.15) is 11.1 Å². The molecule has 114 valence electrons. The van der Waals surface area contributed by atoms with E-state index in [0.29, 0.717) is 18.8 Å². The summed E-state index contributed by atoms with van der Waals surface area (Å²) in [6.45, 7) is 4.59. The Morgan fingerprint density at radius 2 is 1.95 bits per heavy atom. The zero-order valence-corrected chi connectivity index (χ0v) is 14.2. The molecule has 2 aromatic rings. The van der Waals surface area contributed by atoms with Gasteiger partial charge in [-0.05, 0) is 37.1 Å². The quantitative estimate of drug-likeness (QED) is 0.839. The summed E-state index contributed by atoms with van der Waals surface area (Å²) >= 11 is 3.39. The molecule has 0 aliphatic heterocycles. The maximum Gasteiger partial charge on any atom is 0.265 e. The predicted molar refractivity (Wildman–Crippen MR) is 85.7 cm³/mol. The van der Waals surface area contributed by atoms with Crippen LogP contribution in [0.3, 0.4) is 0 Å². The molecule has 3 N–H and O–H groups in total. The summed E-state index contributed by atoms with van der Waals surface area (Å²) in [4.78, 5) is 0.123. The van der Waals surface area contributed by atoms with Gasteiger partial charge in [0.2, 0.25) is 0 Å². The molecule has 0 spiro atoms. The Bertz CT molecular complexity index is 732. The van der Waals surface area contributed by atoms with E-state index in [1.807, 2.05) is 26.0 Å². The van der Waals surface area contributed by atoms with Gasteiger partial charge in [-0.25, -0.2) is 8.42 Å². The first-order chi connectivity index (χ1) is 9.83. The molecular formula is C13H17BrN4O2S. The van der Waals surface area contributed by atoms with E-state index in [-0.39, 0.29) is 4.90 Å². The maximum atomic E-state index is 12.4. The van der Waals surface area contributed by atoms with Crippen molar-refractivity contribution < 1.29 is 8.42 Å². The number of halogens is 1. The maximum absolute atomic E-state index is 12.4. The summed E-state index contributed by atoms with van der Waals surface area (Å²) in [7, 11) is -3.66. The van der Waals surface area contributed by atoms with Gasteiger partial charge in [0.15, 0.2) is 0 Å². The number of hydrogen-bond acceptors (Lipinski definition) is 4. The van der Waals surface area contributed by atoms with Gasteiger partial charge in [0.25, 0.3) is 10.0 Å². The van der Waals surface area contributed by atoms with Crippen molar-refractivity contribution in [1.82, 2.24) is 9.78 Å². The fourth-order valence-electron chi connectivity index (χ4n) is 2.00. The minimum atomic E-state index is -3.66. The Morgan fingerprint density at radius 1 is 1.33 bits per heavy atom. The Labute approximate surface area is 132 Å². The summed E-state index contributed by atoms with van der Waals surface area (Å²) < 4.78 is 29.8. The normalized spacial score (nSPS) is 11.6. The summed E-state index contributed by atoms with van der Waals surface area (Å²) in [6.07, 6.45) is 2.79. The molecule has 0 amide bonds. The molecule has 0 atom stereocenters. The van der Waals surface area contributed by atoms with Crippen LogP contribution in [0.5, 0.6) is 0 Å². The van der Waals surface area contributed by atoms with Crippen LogP contribution in [0.2, 0.25) is 0 Å². The van der Waals surface area contributed by atoms with Gasteiger partial charge in [-0.15, -0.1) is 0 Å².